The summed E-state index contributed by atoms with van der Waals surface area (Å²) in [5.41, 5.74) is 0. The second kappa shape index (κ2) is 11.1. The number of rotatable bonds is 0. The van der Waals surface area contributed by atoms with E-state index >= 15 is 0 Å². The number of phenols is 2. The molecule has 74 valence electrons. The van der Waals surface area contributed by atoms with Gasteiger partial charge in [0.1, 0.15) is 11.5 Å². The van der Waals surface area contributed by atoms with Crippen molar-refractivity contribution in [2.24, 2.45) is 0 Å². The van der Waals surface area contributed by atoms with Gasteiger partial charge in [-0.15, -0.1) is 0 Å². The fourth-order valence-electron chi connectivity index (χ4n) is 0.453. The van der Waals surface area contributed by atoms with Gasteiger partial charge < -0.3 is 19.3 Å². The molecular formula is C6H6K2O6S. The van der Waals surface area contributed by atoms with Crippen LogP contribution < -0.4 is 103 Å². The molecule has 0 aliphatic carbocycles. The molecule has 1 aromatic carbocycles. The van der Waals surface area contributed by atoms with Gasteiger partial charge in [-0.05, 0) is 24.3 Å². The third-order valence-electron chi connectivity index (χ3n) is 0.850. The van der Waals surface area contributed by atoms with Crippen LogP contribution in [-0.2, 0) is 10.4 Å². The molecule has 15 heavy (non-hydrogen) atoms. The molecule has 0 bridgehead atoms. The molecule has 0 unspecified atom stereocenters. The molecule has 0 heterocycles. The molecule has 0 saturated carbocycles. The zero-order valence-electron chi connectivity index (χ0n) is 8.25. The number of hydrogen-bond acceptors (Lipinski definition) is 6. The van der Waals surface area contributed by atoms with Crippen LogP contribution in [0, 0.1) is 0 Å². The molecule has 0 fully saturated rings. The summed E-state index contributed by atoms with van der Waals surface area (Å²) in [5, 5.41) is 17.3. The first kappa shape index (κ1) is 22.2. The van der Waals surface area contributed by atoms with E-state index in [1.807, 2.05) is 0 Å². The first-order valence-electron chi connectivity index (χ1n) is 2.94. The monoisotopic (exact) mass is 284 g/mol. The predicted molar refractivity (Wildman–Crippen MR) is 40.2 cm³/mol. The van der Waals surface area contributed by atoms with Crippen LogP contribution in [0.4, 0.5) is 0 Å². The average Bonchev–Trinajstić information content (AvgIpc) is 1.92. The number of aromatic hydroxyl groups is 2. The molecule has 0 saturated heterocycles. The van der Waals surface area contributed by atoms with E-state index in [4.69, 9.17) is 27.7 Å². The van der Waals surface area contributed by atoms with Gasteiger partial charge in [-0.3, -0.25) is 8.42 Å². The smallest absolute Gasteiger partial charge is 0.759 e. The number of phenolic OH excluding ortho intramolecular Hbond substituents is 2. The van der Waals surface area contributed by atoms with Crippen LogP contribution in [0.5, 0.6) is 11.5 Å². The molecule has 0 atom stereocenters. The van der Waals surface area contributed by atoms with Crippen molar-refractivity contribution in [3.63, 3.8) is 0 Å². The Bertz CT molecular complexity index is 319. The first-order valence-corrected chi connectivity index (χ1v) is 4.27. The van der Waals surface area contributed by atoms with Gasteiger partial charge in [0, 0.05) is 10.4 Å². The normalized spacial score (nSPS) is 8.67. The van der Waals surface area contributed by atoms with E-state index in [1.165, 1.54) is 24.3 Å². The second-order valence-electron chi connectivity index (χ2n) is 1.92. The maximum atomic E-state index is 8.65. The van der Waals surface area contributed by atoms with Crippen molar-refractivity contribution in [2.45, 2.75) is 0 Å². The average molecular weight is 284 g/mol. The van der Waals surface area contributed by atoms with Gasteiger partial charge in [-0.25, -0.2) is 0 Å². The fourth-order valence-corrected chi connectivity index (χ4v) is 0.453. The summed E-state index contributed by atoms with van der Waals surface area (Å²) in [6, 6.07) is 5.70. The Morgan fingerprint density at radius 3 is 1.13 bits per heavy atom. The van der Waals surface area contributed by atoms with Gasteiger partial charge in [-0.1, -0.05) is 0 Å². The molecule has 0 aliphatic heterocycles. The minimum absolute atomic E-state index is 0. The first-order chi connectivity index (χ1) is 5.79. The van der Waals surface area contributed by atoms with Crippen molar-refractivity contribution < 1.29 is 131 Å². The van der Waals surface area contributed by atoms with Crippen molar-refractivity contribution in [1.82, 2.24) is 0 Å². The van der Waals surface area contributed by atoms with Crippen LogP contribution in [-0.4, -0.2) is 27.7 Å². The van der Waals surface area contributed by atoms with Crippen molar-refractivity contribution in [2.75, 3.05) is 0 Å². The Morgan fingerprint density at radius 2 is 1.00 bits per heavy atom. The van der Waals surface area contributed by atoms with Crippen molar-refractivity contribution in [3.05, 3.63) is 24.3 Å². The van der Waals surface area contributed by atoms with E-state index in [1.54, 1.807) is 0 Å². The molecule has 2 N–H and O–H groups in total. The van der Waals surface area contributed by atoms with Crippen molar-refractivity contribution in [1.29, 1.82) is 0 Å². The van der Waals surface area contributed by atoms with E-state index in [2.05, 4.69) is 0 Å². The Balaban J connectivity index is -0.000000185. The van der Waals surface area contributed by atoms with Gasteiger partial charge in [0.25, 0.3) is 0 Å². The largest absolute Gasteiger partial charge is 1.00 e. The Labute approximate surface area is 173 Å². The Hall–Kier alpha value is 1.96. The standard InChI is InChI=1S/C6H6O2.2K.H2O4S/c7-5-1-2-6(8)4-3-5;;;1-5(2,3)4/h1-4,7-8H;;;(H2,1,2,3,4)/q;2*+1;/p-2. The minimum Gasteiger partial charge on any atom is -0.759 e. The van der Waals surface area contributed by atoms with Crippen LogP contribution in [0.3, 0.4) is 0 Å². The summed E-state index contributed by atoms with van der Waals surface area (Å²) >= 11 is 0. The third kappa shape index (κ3) is 21.7. The third-order valence-corrected chi connectivity index (χ3v) is 0.850. The summed E-state index contributed by atoms with van der Waals surface area (Å²) in [6.45, 7) is 0. The van der Waals surface area contributed by atoms with E-state index in [-0.39, 0.29) is 114 Å². The number of benzene rings is 1. The molecular weight excluding hydrogens is 278 g/mol. The van der Waals surface area contributed by atoms with Crippen molar-refractivity contribution >= 4 is 10.4 Å². The van der Waals surface area contributed by atoms with E-state index in [0.717, 1.165) is 0 Å². The van der Waals surface area contributed by atoms with E-state index in [9.17, 15) is 0 Å². The minimum atomic E-state index is -5.17. The van der Waals surface area contributed by atoms with Crippen LogP contribution in [0.1, 0.15) is 0 Å². The summed E-state index contributed by atoms with van der Waals surface area (Å²) in [4.78, 5) is 0. The zero-order valence-corrected chi connectivity index (χ0v) is 15.3. The van der Waals surface area contributed by atoms with Crippen LogP contribution in [0.25, 0.3) is 0 Å². The molecule has 0 aromatic heterocycles. The van der Waals surface area contributed by atoms with Gasteiger partial charge >= 0.3 is 103 Å². The van der Waals surface area contributed by atoms with E-state index in [0.29, 0.717) is 0 Å². The molecule has 0 radical (unpaired) electrons. The zero-order chi connectivity index (χ0) is 10.5. The summed E-state index contributed by atoms with van der Waals surface area (Å²) in [6.07, 6.45) is 0. The Morgan fingerprint density at radius 1 is 0.867 bits per heavy atom. The maximum Gasteiger partial charge on any atom is 1.00 e. The molecule has 0 aliphatic rings. The molecule has 0 amide bonds. The summed E-state index contributed by atoms with van der Waals surface area (Å²) < 4.78 is 34.1. The van der Waals surface area contributed by atoms with Gasteiger partial charge in [0.05, 0.1) is 0 Å². The van der Waals surface area contributed by atoms with Crippen LogP contribution >= 0.6 is 0 Å². The SMILES string of the molecule is O=S(=O)([O-])[O-].Oc1ccc(O)cc1.[K+].[K+]. The topological polar surface area (TPSA) is 121 Å². The maximum absolute atomic E-state index is 8.65. The molecule has 6 nitrogen and oxygen atoms in total. The quantitative estimate of drug-likeness (QED) is 0.212. The molecule has 1 aromatic rings. The van der Waals surface area contributed by atoms with Gasteiger partial charge in [0.2, 0.25) is 0 Å². The van der Waals surface area contributed by atoms with Gasteiger partial charge in [-0.2, -0.15) is 0 Å². The number of hydrogen-bond donors (Lipinski definition) is 2. The van der Waals surface area contributed by atoms with Crippen LogP contribution in [0.2, 0.25) is 0 Å². The van der Waals surface area contributed by atoms with E-state index < -0.39 is 10.4 Å². The van der Waals surface area contributed by atoms with Crippen LogP contribution in [0.15, 0.2) is 24.3 Å². The molecule has 1 rings (SSSR count). The summed E-state index contributed by atoms with van der Waals surface area (Å²) in [5.74, 6) is 0.339. The second-order valence-corrected chi connectivity index (χ2v) is 2.74. The Kier molecular flexibility index (Phi) is 16.4. The predicted octanol–water partition coefficient (Wildman–Crippen LogP) is -6.23. The molecule has 0 spiro atoms. The summed E-state index contributed by atoms with van der Waals surface area (Å²) in [7, 11) is -5.17. The molecule has 9 heteroatoms. The fraction of sp³-hybridized carbons (Fsp3) is 0. The van der Waals surface area contributed by atoms with Crippen molar-refractivity contribution in [3.8, 4) is 11.5 Å². The van der Waals surface area contributed by atoms with Gasteiger partial charge in [0.15, 0.2) is 0 Å².